The summed E-state index contributed by atoms with van der Waals surface area (Å²) in [4.78, 5) is 53.1. The van der Waals surface area contributed by atoms with Gasteiger partial charge in [0, 0.05) is 0 Å². The number of fused-ring (bicyclic) bond motifs is 2. The number of carbonyl (C=O) groups excluding carboxylic acids is 4. The van der Waals surface area contributed by atoms with E-state index in [1.54, 1.807) is 6.92 Å². The highest BCUT2D eigenvalue weighted by atomic mass is 19.4. The molecule has 7 nitrogen and oxygen atoms in total. The first-order valence-corrected chi connectivity index (χ1v) is 17.0. The quantitative estimate of drug-likeness (QED) is 0.152. The van der Waals surface area contributed by atoms with Crippen LogP contribution < -0.4 is 0 Å². The van der Waals surface area contributed by atoms with Crippen LogP contribution in [-0.4, -0.2) is 41.8 Å². The number of ether oxygens (including phenoxy) is 3. The van der Waals surface area contributed by atoms with Crippen molar-refractivity contribution in [3.05, 3.63) is 0 Å². The van der Waals surface area contributed by atoms with E-state index < -0.39 is 65.4 Å². The second kappa shape index (κ2) is 11.6. The number of rotatable bonds is 10. The van der Waals surface area contributed by atoms with Crippen LogP contribution in [0.1, 0.15) is 98.3 Å². The third-order valence-electron chi connectivity index (χ3n) is 13.1. The first kappa shape index (κ1) is 31.8. The fraction of sp³-hybridized carbons (Fsp3) is 0.882. The Kier molecular flexibility index (Phi) is 8.39. The molecule has 6 saturated carbocycles. The molecular weight excluding hydrogens is 577 g/mol. The van der Waals surface area contributed by atoms with Gasteiger partial charge in [0.25, 0.3) is 0 Å². The van der Waals surface area contributed by atoms with E-state index in [9.17, 15) is 32.3 Å². The van der Waals surface area contributed by atoms with Gasteiger partial charge in [0.1, 0.15) is 5.60 Å². The van der Waals surface area contributed by atoms with E-state index >= 15 is 0 Å². The highest BCUT2D eigenvalue weighted by Gasteiger charge is 2.60. The molecule has 6 bridgehead atoms. The molecule has 7 rings (SSSR count). The van der Waals surface area contributed by atoms with Gasteiger partial charge in [0.05, 0.1) is 23.7 Å². The van der Waals surface area contributed by atoms with E-state index in [4.69, 9.17) is 14.2 Å². The van der Waals surface area contributed by atoms with Crippen molar-refractivity contribution in [3.63, 3.8) is 0 Å². The van der Waals surface area contributed by atoms with Gasteiger partial charge >= 0.3 is 30.1 Å². The summed E-state index contributed by atoms with van der Waals surface area (Å²) in [5.74, 6) is -3.85. The summed E-state index contributed by atoms with van der Waals surface area (Å²) < 4.78 is 56.5. The number of alkyl halides is 3. The minimum atomic E-state index is -4.76. The van der Waals surface area contributed by atoms with Crippen molar-refractivity contribution in [2.24, 2.45) is 71.0 Å². The molecule has 0 aromatic heterocycles. The SMILES string of the molecule is CCC1(OC(=O)C(C)CC(CC2C(=O)OC(=O)C2C2C3CCC(C3)C2C)C(=O)OC(C)C(F)(F)F)C2CC3CC(C2)CC1C3. The van der Waals surface area contributed by atoms with Gasteiger partial charge in [0.2, 0.25) is 0 Å². The van der Waals surface area contributed by atoms with Crippen molar-refractivity contribution in [1.29, 1.82) is 0 Å². The van der Waals surface area contributed by atoms with Gasteiger partial charge in [0.15, 0.2) is 6.10 Å². The minimum Gasteiger partial charge on any atom is -0.458 e. The van der Waals surface area contributed by atoms with Crippen LogP contribution in [0.15, 0.2) is 0 Å². The van der Waals surface area contributed by atoms with Gasteiger partial charge < -0.3 is 14.2 Å². The van der Waals surface area contributed by atoms with Crippen LogP contribution >= 0.6 is 0 Å². The molecule has 0 amide bonds. The largest absolute Gasteiger partial charge is 0.458 e. The first-order valence-electron chi connectivity index (χ1n) is 17.0. The van der Waals surface area contributed by atoms with E-state index in [-0.39, 0.29) is 30.6 Å². The molecule has 6 aliphatic carbocycles. The summed E-state index contributed by atoms with van der Waals surface area (Å²) in [5.41, 5.74) is -0.551. The van der Waals surface area contributed by atoms with Crippen LogP contribution in [0.3, 0.4) is 0 Å². The highest BCUT2D eigenvalue weighted by molar-refractivity contribution is 5.97. The maximum Gasteiger partial charge on any atom is 0.425 e. The molecule has 0 spiro atoms. The maximum absolute atomic E-state index is 13.7. The smallest absolute Gasteiger partial charge is 0.425 e. The number of esters is 4. The van der Waals surface area contributed by atoms with E-state index in [1.807, 2.05) is 0 Å². The normalized spacial score (nSPS) is 42.7. The Labute approximate surface area is 257 Å². The van der Waals surface area contributed by atoms with Crippen LogP contribution in [0, 0.1) is 71.0 Å². The number of hydrogen-bond donors (Lipinski definition) is 0. The molecule has 44 heavy (non-hydrogen) atoms. The lowest BCUT2D eigenvalue weighted by atomic mass is 9.49. The van der Waals surface area contributed by atoms with Crippen LogP contribution in [0.2, 0.25) is 0 Å². The molecule has 0 radical (unpaired) electrons. The fourth-order valence-corrected chi connectivity index (χ4v) is 11.0. The van der Waals surface area contributed by atoms with Gasteiger partial charge in [-0.05, 0) is 125 Å². The van der Waals surface area contributed by atoms with E-state index in [2.05, 4.69) is 13.8 Å². The van der Waals surface area contributed by atoms with E-state index in [1.165, 1.54) is 6.42 Å². The van der Waals surface area contributed by atoms with Crippen molar-refractivity contribution in [3.8, 4) is 0 Å². The zero-order valence-electron chi connectivity index (χ0n) is 26.3. The minimum absolute atomic E-state index is 0.0767. The molecule has 0 aromatic carbocycles. The Morgan fingerprint density at radius 3 is 2.09 bits per heavy atom. The molecule has 0 N–H and O–H groups in total. The first-order chi connectivity index (χ1) is 20.7. The molecule has 7 fully saturated rings. The van der Waals surface area contributed by atoms with Crippen molar-refractivity contribution in [2.75, 3.05) is 0 Å². The summed E-state index contributed by atoms with van der Waals surface area (Å²) in [6.45, 7) is 6.53. The number of carbonyl (C=O) groups is 4. The van der Waals surface area contributed by atoms with Crippen LogP contribution in [0.4, 0.5) is 13.2 Å². The summed E-state index contributed by atoms with van der Waals surface area (Å²) in [7, 11) is 0. The van der Waals surface area contributed by atoms with Gasteiger partial charge in [-0.25, -0.2) is 0 Å². The predicted octanol–water partition coefficient (Wildman–Crippen LogP) is 6.66. The van der Waals surface area contributed by atoms with Crippen molar-refractivity contribution in [1.82, 2.24) is 0 Å². The maximum atomic E-state index is 13.7. The Balaban J connectivity index is 1.20. The summed E-state index contributed by atoms with van der Waals surface area (Å²) >= 11 is 0. The molecule has 246 valence electrons. The van der Waals surface area contributed by atoms with Crippen LogP contribution in [-0.2, 0) is 33.4 Å². The molecule has 9 unspecified atom stereocenters. The van der Waals surface area contributed by atoms with Crippen LogP contribution in [0.25, 0.3) is 0 Å². The average molecular weight is 625 g/mol. The Morgan fingerprint density at radius 2 is 1.55 bits per heavy atom. The van der Waals surface area contributed by atoms with Gasteiger partial charge in [-0.15, -0.1) is 0 Å². The molecule has 0 aromatic rings. The number of cyclic esters (lactones) is 2. The molecule has 1 saturated heterocycles. The highest BCUT2D eigenvalue weighted by Crippen LogP contribution is 2.61. The van der Waals surface area contributed by atoms with Crippen molar-refractivity contribution in [2.45, 2.75) is 116 Å². The zero-order valence-corrected chi connectivity index (χ0v) is 26.3. The Morgan fingerprint density at radius 1 is 0.932 bits per heavy atom. The summed E-state index contributed by atoms with van der Waals surface area (Å²) in [6.07, 6.45) is 1.72. The average Bonchev–Trinajstić information content (AvgIpc) is 3.62. The number of hydrogen-bond acceptors (Lipinski definition) is 7. The lowest BCUT2D eigenvalue weighted by molar-refractivity contribution is -0.220. The molecular formula is C34H47F3O7. The second-order valence-corrected chi connectivity index (χ2v) is 15.4. The molecule has 1 aliphatic heterocycles. The number of halogens is 3. The zero-order chi connectivity index (χ0) is 31.7. The molecule has 9 atom stereocenters. The summed E-state index contributed by atoms with van der Waals surface area (Å²) in [5, 5.41) is 0. The van der Waals surface area contributed by atoms with Crippen LogP contribution in [0.5, 0.6) is 0 Å². The van der Waals surface area contributed by atoms with Crippen molar-refractivity contribution >= 4 is 23.9 Å². The lowest BCUT2D eigenvalue weighted by Gasteiger charge is -2.60. The second-order valence-electron chi connectivity index (χ2n) is 15.4. The van der Waals surface area contributed by atoms with Gasteiger partial charge in [-0.2, -0.15) is 13.2 Å². The molecule has 10 heteroatoms. The third-order valence-corrected chi connectivity index (χ3v) is 13.1. The molecule has 7 aliphatic rings. The Hall–Kier alpha value is -2.13. The predicted molar refractivity (Wildman–Crippen MR) is 151 cm³/mol. The van der Waals surface area contributed by atoms with Gasteiger partial charge in [-0.1, -0.05) is 20.8 Å². The third kappa shape index (κ3) is 5.48. The van der Waals surface area contributed by atoms with E-state index in [0.717, 1.165) is 51.9 Å². The van der Waals surface area contributed by atoms with E-state index in [0.29, 0.717) is 36.0 Å². The van der Waals surface area contributed by atoms with Crippen molar-refractivity contribution < 1.29 is 46.6 Å². The fourth-order valence-electron chi connectivity index (χ4n) is 11.0. The summed E-state index contributed by atoms with van der Waals surface area (Å²) in [6, 6.07) is 0. The monoisotopic (exact) mass is 624 g/mol. The standard InChI is InChI=1S/C34H47F3O7/c1-5-33(24-10-19-9-20(12-24)13-25(33)11-19)44-29(38)16(2)8-23(30(39)42-18(4)34(35,36)37)15-26-28(32(41)43-31(26)40)27-17(3)21-6-7-22(27)14-21/h16-28H,5-15H2,1-4H3. The topological polar surface area (TPSA) is 96.0 Å². The Bertz CT molecular complexity index is 1140. The lowest BCUT2D eigenvalue weighted by Crippen LogP contribution is -2.59. The molecule has 1 heterocycles. The van der Waals surface area contributed by atoms with Gasteiger partial charge in [-0.3, -0.25) is 19.2 Å².